The summed E-state index contributed by atoms with van der Waals surface area (Å²) in [5.41, 5.74) is 2.11. The molecule has 33 heavy (non-hydrogen) atoms. The minimum absolute atomic E-state index is 0.148. The van der Waals surface area contributed by atoms with Crippen LogP contribution in [0, 0.1) is 11.8 Å². The van der Waals surface area contributed by atoms with Crippen LogP contribution in [0.3, 0.4) is 0 Å². The molecule has 2 fully saturated rings. The first kappa shape index (κ1) is 23.8. The fraction of sp³-hybridized carbons (Fsp3) is 0.615. The van der Waals surface area contributed by atoms with Gasteiger partial charge in [0, 0.05) is 49.9 Å². The number of anilines is 1. The van der Waals surface area contributed by atoms with Crippen LogP contribution in [0.15, 0.2) is 40.9 Å². The van der Waals surface area contributed by atoms with Crippen LogP contribution in [0.5, 0.6) is 0 Å². The molecule has 0 aliphatic carbocycles. The molecule has 1 amide bonds. The van der Waals surface area contributed by atoms with Crippen LogP contribution in [-0.4, -0.2) is 60.8 Å². The summed E-state index contributed by atoms with van der Waals surface area (Å²) in [4.78, 5) is 17.4. The highest BCUT2D eigenvalue weighted by Crippen LogP contribution is 2.27. The minimum atomic E-state index is -0.187. The molecule has 1 aromatic heterocycles. The molecule has 0 spiro atoms. The number of amides is 1. The van der Waals surface area contributed by atoms with Gasteiger partial charge < -0.3 is 20.1 Å². The van der Waals surface area contributed by atoms with E-state index in [1.165, 1.54) is 5.69 Å². The van der Waals surface area contributed by atoms with Gasteiger partial charge in [-0.25, -0.2) is 0 Å². The molecular weight excluding hydrogens is 414 g/mol. The summed E-state index contributed by atoms with van der Waals surface area (Å²) in [5, 5.41) is 11.0. The number of carbonyl (C=O) groups is 1. The first-order valence-electron chi connectivity index (χ1n) is 12.3. The van der Waals surface area contributed by atoms with E-state index in [0.29, 0.717) is 18.3 Å². The predicted molar refractivity (Wildman–Crippen MR) is 131 cm³/mol. The van der Waals surface area contributed by atoms with E-state index in [2.05, 4.69) is 62.0 Å². The van der Waals surface area contributed by atoms with E-state index < -0.39 is 0 Å². The highest BCUT2D eigenvalue weighted by atomic mass is 16.5. The molecule has 2 aliphatic rings. The van der Waals surface area contributed by atoms with E-state index in [9.17, 15) is 4.79 Å². The Kier molecular flexibility index (Phi) is 7.71. The Hall–Kier alpha value is -2.38. The second kappa shape index (κ2) is 10.7. The average Bonchev–Trinajstić information content (AvgIpc) is 3.22. The predicted octanol–water partition coefficient (Wildman–Crippen LogP) is 3.07. The molecule has 2 atom stereocenters. The Labute approximate surface area is 197 Å². The first-order chi connectivity index (χ1) is 15.9. The molecular formula is C26H39N5O2. The number of piperidine rings is 1. The fourth-order valence-corrected chi connectivity index (χ4v) is 5.01. The van der Waals surface area contributed by atoms with E-state index in [1.54, 1.807) is 0 Å². The lowest BCUT2D eigenvalue weighted by Gasteiger charge is -2.35. The van der Waals surface area contributed by atoms with E-state index in [-0.39, 0.29) is 11.4 Å². The molecule has 2 aliphatic heterocycles. The molecule has 1 aromatic carbocycles. The third-order valence-corrected chi connectivity index (χ3v) is 6.68. The van der Waals surface area contributed by atoms with Crippen molar-refractivity contribution in [3.8, 4) is 0 Å². The van der Waals surface area contributed by atoms with Crippen LogP contribution in [0.1, 0.15) is 45.1 Å². The number of nitrogens with one attached hydrogen (secondary N) is 2. The van der Waals surface area contributed by atoms with Crippen LogP contribution < -0.4 is 15.5 Å². The third-order valence-electron chi connectivity index (χ3n) is 6.68. The molecule has 7 nitrogen and oxygen atoms in total. The normalized spacial score (nSPS) is 22.3. The summed E-state index contributed by atoms with van der Waals surface area (Å²) in [6.45, 7) is 12.9. The third kappa shape index (κ3) is 7.05. The van der Waals surface area contributed by atoms with Crippen molar-refractivity contribution in [2.75, 3.05) is 44.2 Å². The molecule has 2 saturated heterocycles. The van der Waals surface area contributed by atoms with Crippen molar-refractivity contribution in [1.82, 2.24) is 20.7 Å². The topological polar surface area (TPSA) is 73.6 Å². The standard InChI is InChI=1S/C26H39N5O2/c1-26(2,3)28-25(32)16-20-9-10-27-18-21(20)15-22-17-24(33-29-22)19-30-11-13-31(14-12-30)23-7-5-4-6-8-23/h4-8,17,20-21,27H,9-16,18-19H2,1-3H3,(H,28,32). The summed E-state index contributed by atoms with van der Waals surface area (Å²) in [7, 11) is 0. The number of aromatic nitrogens is 1. The molecule has 7 heteroatoms. The van der Waals surface area contributed by atoms with E-state index >= 15 is 0 Å². The average molecular weight is 454 g/mol. The number of para-hydroxylation sites is 1. The minimum Gasteiger partial charge on any atom is -0.369 e. The van der Waals surface area contributed by atoms with Crippen LogP contribution >= 0.6 is 0 Å². The summed E-state index contributed by atoms with van der Waals surface area (Å²) in [6.07, 6.45) is 2.46. The molecule has 4 rings (SSSR count). The summed E-state index contributed by atoms with van der Waals surface area (Å²) in [5.74, 6) is 1.86. The lowest BCUT2D eigenvalue weighted by Crippen LogP contribution is -2.45. The van der Waals surface area contributed by atoms with Crippen molar-refractivity contribution >= 4 is 11.6 Å². The van der Waals surface area contributed by atoms with Gasteiger partial charge in [0.25, 0.3) is 0 Å². The van der Waals surface area contributed by atoms with Crippen molar-refractivity contribution in [2.24, 2.45) is 11.8 Å². The van der Waals surface area contributed by atoms with Gasteiger partial charge in [-0.15, -0.1) is 0 Å². The van der Waals surface area contributed by atoms with Gasteiger partial charge >= 0.3 is 0 Å². The van der Waals surface area contributed by atoms with Crippen LogP contribution in [0.2, 0.25) is 0 Å². The number of rotatable bonds is 7. The Balaban J connectivity index is 1.27. The second-order valence-electron chi connectivity index (χ2n) is 10.6. The molecule has 2 aromatic rings. The summed E-state index contributed by atoms with van der Waals surface area (Å²) < 4.78 is 5.70. The molecule has 0 radical (unpaired) electrons. The number of benzene rings is 1. The number of nitrogens with zero attached hydrogens (tertiary/aromatic N) is 3. The van der Waals surface area contributed by atoms with Gasteiger partial charge in [-0.3, -0.25) is 9.69 Å². The number of carbonyl (C=O) groups excluding carboxylic acids is 1. The van der Waals surface area contributed by atoms with Gasteiger partial charge in [0.05, 0.1) is 12.2 Å². The Morgan fingerprint density at radius 1 is 1.15 bits per heavy atom. The lowest BCUT2D eigenvalue weighted by molar-refractivity contribution is -0.124. The molecule has 180 valence electrons. The van der Waals surface area contributed by atoms with Crippen LogP contribution in [0.4, 0.5) is 5.69 Å². The van der Waals surface area contributed by atoms with Gasteiger partial charge in [0.2, 0.25) is 5.91 Å². The van der Waals surface area contributed by atoms with E-state index in [0.717, 1.165) is 70.1 Å². The number of hydrogen-bond acceptors (Lipinski definition) is 6. The van der Waals surface area contributed by atoms with E-state index in [1.807, 2.05) is 20.8 Å². The summed E-state index contributed by atoms with van der Waals surface area (Å²) >= 11 is 0. The number of hydrogen-bond donors (Lipinski definition) is 2. The van der Waals surface area contributed by atoms with Crippen molar-refractivity contribution in [1.29, 1.82) is 0 Å². The highest BCUT2D eigenvalue weighted by Gasteiger charge is 2.29. The lowest BCUT2D eigenvalue weighted by atomic mass is 9.81. The largest absolute Gasteiger partial charge is 0.369 e. The molecule has 0 bridgehead atoms. The number of piperazine rings is 1. The molecule has 2 N–H and O–H groups in total. The van der Waals surface area contributed by atoms with Crippen molar-refractivity contribution in [3.63, 3.8) is 0 Å². The zero-order valence-corrected chi connectivity index (χ0v) is 20.3. The van der Waals surface area contributed by atoms with Crippen LogP contribution in [0.25, 0.3) is 0 Å². The first-order valence-corrected chi connectivity index (χ1v) is 12.3. The van der Waals surface area contributed by atoms with Gasteiger partial charge in [0.1, 0.15) is 0 Å². The Morgan fingerprint density at radius 3 is 2.64 bits per heavy atom. The molecule has 0 saturated carbocycles. The summed E-state index contributed by atoms with van der Waals surface area (Å²) in [6, 6.07) is 12.7. The quantitative estimate of drug-likeness (QED) is 0.671. The van der Waals surface area contributed by atoms with Gasteiger partial charge in [-0.1, -0.05) is 23.4 Å². The highest BCUT2D eigenvalue weighted by molar-refractivity contribution is 5.77. The maximum absolute atomic E-state index is 12.5. The van der Waals surface area contributed by atoms with Crippen molar-refractivity contribution < 1.29 is 9.32 Å². The maximum atomic E-state index is 12.5. The molecule has 2 unspecified atom stereocenters. The van der Waals surface area contributed by atoms with Gasteiger partial charge in [0.15, 0.2) is 5.76 Å². The zero-order valence-electron chi connectivity index (χ0n) is 20.3. The SMILES string of the molecule is CC(C)(C)NC(=O)CC1CCNCC1Cc1cc(CN2CCN(c3ccccc3)CC2)on1. The van der Waals surface area contributed by atoms with Crippen LogP contribution in [-0.2, 0) is 17.8 Å². The molecule has 3 heterocycles. The smallest absolute Gasteiger partial charge is 0.220 e. The van der Waals surface area contributed by atoms with Crippen molar-refractivity contribution in [3.05, 3.63) is 47.9 Å². The monoisotopic (exact) mass is 453 g/mol. The Bertz CT molecular complexity index is 884. The second-order valence-corrected chi connectivity index (χ2v) is 10.6. The Morgan fingerprint density at radius 2 is 1.91 bits per heavy atom. The van der Waals surface area contributed by atoms with Gasteiger partial charge in [-0.2, -0.15) is 0 Å². The maximum Gasteiger partial charge on any atom is 0.220 e. The fourth-order valence-electron chi connectivity index (χ4n) is 5.01. The van der Waals surface area contributed by atoms with Gasteiger partial charge in [-0.05, 0) is 70.7 Å². The van der Waals surface area contributed by atoms with E-state index in [4.69, 9.17) is 4.52 Å². The zero-order chi connectivity index (χ0) is 23.3. The van der Waals surface area contributed by atoms with Crippen molar-refractivity contribution in [2.45, 2.75) is 52.1 Å².